The molecule has 2 atom stereocenters. The molecule has 132 valence electrons. The van der Waals surface area contributed by atoms with E-state index in [4.69, 9.17) is 10.5 Å². The van der Waals surface area contributed by atoms with Gasteiger partial charge in [-0.1, -0.05) is 25.1 Å². The highest BCUT2D eigenvalue weighted by Crippen LogP contribution is 2.47. The maximum Gasteiger partial charge on any atom is 0.118 e. The fraction of sp³-hybridized carbons (Fsp3) is 0.600. The highest BCUT2D eigenvalue weighted by molar-refractivity contribution is 5.29. The standard InChI is InChI=1S/C20H31N3O/c1-15(17-6-8-18(24-3)9-7-17)22-19-5-4-10-20(19)11-13-23(14-12-20)16(2)21/h6-9,15,19,22H,2,4-5,10-14,21H2,1,3H3/t15-,19-/m1/s1. The number of nitrogens with two attached hydrogens (primary N) is 1. The summed E-state index contributed by atoms with van der Waals surface area (Å²) in [5.74, 6) is 1.64. The fourth-order valence-corrected chi connectivity index (χ4v) is 4.53. The van der Waals surface area contributed by atoms with Crippen LogP contribution in [-0.4, -0.2) is 31.1 Å². The Balaban J connectivity index is 1.64. The summed E-state index contributed by atoms with van der Waals surface area (Å²) in [4.78, 5) is 2.23. The second-order valence-electron chi connectivity index (χ2n) is 7.45. The summed E-state index contributed by atoms with van der Waals surface area (Å²) >= 11 is 0. The highest BCUT2D eigenvalue weighted by atomic mass is 16.5. The van der Waals surface area contributed by atoms with E-state index in [0.717, 1.165) is 24.7 Å². The van der Waals surface area contributed by atoms with Gasteiger partial charge in [0, 0.05) is 25.2 Å². The van der Waals surface area contributed by atoms with Gasteiger partial charge in [-0.2, -0.15) is 0 Å². The number of benzene rings is 1. The predicted molar refractivity (Wildman–Crippen MR) is 98.8 cm³/mol. The van der Waals surface area contributed by atoms with Gasteiger partial charge in [-0.15, -0.1) is 0 Å². The fourth-order valence-electron chi connectivity index (χ4n) is 4.53. The molecule has 4 nitrogen and oxygen atoms in total. The second-order valence-corrected chi connectivity index (χ2v) is 7.45. The molecule has 1 heterocycles. The van der Waals surface area contributed by atoms with Crippen LogP contribution in [0.1, 0.15) is 50.6 Å². The van der Waals surface area contributed by atoms with E-state index in [1.807, 2.05) is 12.1 Å². The first-order chi connectivity index (χ1) is 11.5. The SMILES string of the molecule is C=C(N)N1CCC2(CCC[C@H]2N[C@H](C)c2ccc(OC)cc2)CC1. The predicted octanol–water partition coefficient (Wildman–Crippen LogP) is 3.41. The molecule has 4 heteroatoms. The van der Waals surface area contributed by atoms with E-state index in [-0.39, 0.29) is 0 Å². The zero-order valence-corrected chi connectivity index (χ0v) is 15.1. The molecule has 0 aromatic heterocycles. The minimum Gasteiger partial charge on any atom is -0.497 e. The van der Waals surface area contributed by atoms with Crippen LogP contribution in [0.4, 0.5) is 0 Å². The van der Waals surface area contributed by atoms with E-state index < -0.39 is 0 Å². The van der Waals surface area contributed by atoms with Crippen LogP contribution in [0, 0.1) is 5.41 Å². The van der Waals surface area contributed by atoms with Crippen LogP contribution in [0.5, 0.6) is 5.75 Å². The van der Waals surface area contributed by atoms with E-state index in [9.17, 15) is 0 Å². The number of ether oxygens (including phenoxy) is 1. The zero-order valence-electron chi connectivity index (χ0n) is 15.1. The minimum atomic E-state index is 0.360. The Labute approximate surface area is 146 Å². The van der Waals surface area contributed by atoms with E-state index in [2.05, 4.69) is 35.9 Å². The van der Waals surface area contributed by atoms with Gasteiger partial charge >= 0.3 is 0 Å². The lowest BCUT2D eigenvalue weighted by Gasteiger charge is -2.45. The zero-order chi connectivity index (χ0) is 17.2. The quantitative estimate of drug-likeness (QED) is 0.869. The highest BCUT2D eigenvalue weighted by Gasteiger charge is 2.44. The van der Waals surface area contributed by atoms with Gasteiger partial charge in [0.15, 0.2) is 0 Å². The number of piperidine rings is 1. The van der Waals surface area contributed by atoms with Gasteiger partial charge in [-0.3, -0.25) is 0 Å². The van der Waals surface area contributed by atoms with E-state index in [0.29, 0.717) is 17.5 Å². The molecule has 2 aliphatic rings. The molecule has 1 saturated heterocycles. The third-order valence-electron chi connectivity index (χ3n) is 6.14. The molecule has 3 N–H and O–H groups in total. The number of nitrogens with one attached hydrogen (secondary N) is 1. The third-order valence-corrected chi connectivity index (χ3v) is 6.14. The molecule has 1 aliphatic carbocycles. The average Bonchev–Trinajstić information content (AvgIpc) is 2.97. The van der Waals surface area contributed by atoms with E-state index in [1.165, 1.54) is 37.7 Å². The second kappa shape index (κ2) is 7.06. The first-order valence-electron chi connectivity index (χ1n) is 9.13. The van der Waals surface area contributed by atoms with Gasteiger partial charge in [-0.05, 0) is 55.7 Å². The number of likely N-dealkylation sites (tertiary alicyclic amines) is 1. The monoisotopic (exact) mass is 329 g/mol. The summed E-state index contributed by atoms with van der Waals surface area (Å²) in [5, 5.41) is 3.92. The molecule has 2 fully saturated rings. The van der Waals surface area contributed by atoms with Crippen LogP contribution in [0.3, 0.4) is 0 Å². The first-order valence-corrected chi connectivity index (χ1v) is 9.13. The summed E-state index contributed by atoms with van der Waals surface area (Å²) in [6, 6.07) is 9.38. The Bertz CT molecular complexity index is 561. The van der Waals surface area contributed by atoms with E-state index >= 15 is 0 Å². The van der Waals surface area contributed by atoms with Crippen molar-refractivity contribution in [3.8, 4) is 5.75 Å². The molecule has 1 aromatic carbocycles. The molecule has 1 spiro atoms. The summed E-state index contributed by atoms with van der Waals surface area (Å²) in [7, 11) is 1.71. The van der Waals surface area contributed by atoms with Crippen LogP contribution in [-0.2, 0) is 0 Å². The largest absolute Gasteiger partial charge is 0.497 e. The lowest BCUT2D eigenvalue weighted by Crippen LogP contribution is -2.49. The van der Waals surface area contributed by atoms with Crippen LogP contribution in [0.25, 0.3) is 0 Å². The Morgan fingerprint density at radius 1 is 1.29 bits per heavy atom. The number of rotatable bonds is 5. The molecule has 1 saturated carbocycles. The van der Waals surface area contributed by atoms with Crippen molar-refractivity contribution in [3.05, 3.63) is 42.2 Å². The molecule has 0 bridgehead atoms. The Kier molecular flexibility index (Phi) is 5.04. The molecule has 0 amide bonds. The van der Waals surface area contributed by atoms with E-state index in [1.54, 1.807) is 7.11 Å². The van der Waals surface area contributed by atoms with Crippen molar-refractivity contribution >= 4 is 0 Å². The molecule has 1 aromatic rings. The van der Waals surface area contributed by atoms with Crippen molar-refractivity contribution in [1.29, 1.82) is 0 Å². The molecular weight excluding hydrogens is 298 g/mol. The van der Waals surface area contributed by atoms with Crippen molar-refractivity contribution in [2.24, 2.45) is 11.1 Å². The van der Waals surface area contributed by atoms with Gasteiger partial charge in [0.25, 0.3) is 0 Å². The van der Waals surface area contributed by atoms with Crippen molar-refractivity contribution in [2.75, 3.05) is 20.2 Å². The maximum absolute atomic E-state index is 5.87. The van der Waals surface area contributed by atoms with Crippen molar-refractivity contribution < 1.29 is 4.74 Å². The molecular formula is C20H31N3O. The van der Waals surface area contributed by atoms with Crippen LogP contribution < -0.4 is 15.8 Å². The van der Waals surface area contributed by atoms with Crippen LogP contribution in [0.15, 0.2) is 36.7 Å². The van der Waals surface area contributed by atoms with Gasteiger partial charge in [-0.25, -0.2) is 0 Å². The Hall–Kier alpha value is -1.68. The van der Waals surface area contributed by atoms with Crippen LogP contribution >= 0.6 is 0 Å². The molecule has 0 radical (unpaired) electrons. The summed E-state index contributed by atoms with van der Waals surface area (Å²) in [5.41, 5.74) is 7.64. The molecule has 0 unspecified atom stereocenters. The number of methoxy groups -OCH3 is 1. The smallest absolute Gasteiger partial charge is 0.118 e. The summed E-state index contributed by atoms with van der Waals surface area (Å²) in [6.07, 6.45) is 6.39. The van der Waals surface area contributed by atoms with Gasteiger partial charge < -0.3 is 20.7 Å². The number of hydrogen-bond acceptors (Lipinski definition) is 4. The third kappa shape index (κ3) is 3.39. The maximum atomic E-state index is 5.87. The topological polar surface area (TPSA) is 50.5 Å². The van der Waals surface area contributed by atoms with Crippen molar-refractivity contribution in [1.82, 2.24) is 10.2 Å². The molecule has 1 aliphatic heterocycles. The number of hydrogen-bond donors (Lipinski definition) is 2. The average molecular weight is 329 g/mol. The molecule has 3 rings (SSSR count). The Morgan fingerprint density at radius 2 is 1.96 bits per heavy atom. The first kappa shape index (κ1) is 17.2. The lowest BCUT2D eigenvalue weighted by atomic mass is 9.73. The van der Waals surface area contributed by atoms with Crippen molar-refractivity contribution in [3.63, 3.8) is 0 Å². The molecule has 24 heavy (non-hydrogen) atoms. The Morgan fingerprint density at radius 3 is 2.54 bits per heavy atom. The van der Waals surface area contributed by atoms with Crippen molar-refractivity contribution in [2.45, 2.75) is 51.1 Å². The normalized spacial score (nSPS) is 24.1. The summed E-state index contributed by atoms with van der Waals surface area (Å²) in [6.45, 7) is 8.25. The van der Waals surface area contributed by atoms with Gasteiger partial charge in [0.05, 0.1) is 12.9 Å². The van der Waals surface area contributed by atoms with Gasteiger partial charge in [0.2, 0.25) is 0 Å². The lowest BCUT2D eigenvalue weighted by molar-refractivity contribution is 0.0974. The van der Waals surface area contributed by atoms with Gasteiger partial charge in [0.1, 0.15) is 5.75 Å². The minimum absolute atomic E-state index is 0.360. The number of nitrogens with zero attached hydrogens (tertiary/aromatic N) is 1. The van der Waals surface area contributed by atoms with Crippen LogP contribution in [0.2, 0.25) is 0 Å². The summed E-state index contributed by atoms with van der Waals surface area (Å²) < 4.78 is 5.26.